The second-order valence-corrected chi connectivity index (χ2v) is 3.96. The normalized spacial score (nSPS) is 10.2. The number of ether oxygens (including phenoxy) is 1. The summed E-state index contributed by atoms with van der Waals surface area (Å²) in [4.78, 5) is 0. The number of nitrogen functional groups attached to an aromatic ring is 1. The van der Waals surface area contributed by atoms with Crippen molar-refractivity contribution >= 4 is 5.69 Å². The van der Waals surface area contributed by atoms with Crippen LogP contribution in [-0.4, -0.2) is 0 Å². The van der Waals surface area contributed by atoms with Crippen molar-refractivity contribution in [3.63, 3.8) is 0 Å². The molecule has 0 aliphatic rings. The second-order valence-electron chi connectivity index (χ2n) is 3.96. The molecular formula is C14H14FNO. The Morgan fingerprint density at radius 1 is 1.12 bits per heavy atom. The molecule has 0 saturated carbocycles. The fourth-order valence-corrected chi connectivity index (χ4v) is 1.50. The summed E-state index contributed by atoms with van der Waals surface area (Å²) in [6, 6.07) is 12.1. The van der Waals surface area contributed by atoms with Crippen molar-refractivity contribution in [2.75, 3.05) is 5.73 Å². The molecule has 0 heterocycles. The van der Waals surface area contributed by atoms with E-state index in [-0.39, 0.29) is 11.6 Å². The lowest BCUT2D eigenvalue weighted by atomic mass is 10.2. The standard InChI is InChI=1S/C14H14FNO/c1-10-2-7-13(15)14(8-10)17-9-11-3-5-12(16)6-4-11/h2-8H,9,16H2,1H3. The van der Waals surface area contributed by atoms with Gasteiger partial charge in [0.05, 0.1) is 0 Å². The Balaban J connectivity index is 2.07. The van der Waals surface area contributed by atoms with E-state index in [1.165, 1.54) is 6.07 Å². The van der Waals surface area contributed by atoms with Crippen LogP contribution >= 0.6 is 0 Å². The van der Waals surface area contributed by atoms with E-state index in [0.717, 1.165) is 11.1 Å². The van der Waals surface area contributed by atoms with Crippen molar-refractivity contribution in [1.82, 2.24) is 0 Å². The molecule has 0 atom stereocenters. The summed E-state index contributed by atoms with van der Waals surface area (Å²) < 4.78 is 18.8. The molecule has 0 aliphatic heterocycles. The molecule has 3 heteroatoms. The Labute approximate surface area is 99.8 Å². The number of halogens is 1. The Bertz CT molecular complexity index is 508. The highest BCUT2D eigenvalue weighted by atomic mass is 19.1. The van der Waals surface area contributed by atoms with Crippen LogP contribution in [0.3, 0.4) is 0 Å². The molecule has 0 saturated heterocycles. The Morgan fingerprint density at radius 2 is 1.82 bits per heavy atom. The van der Waals surface area contributed by atoms with Gasteiger partial charge in [0.2, 0.25) is 0 Å². The van der Waals surface area contributed by atoms with Gasteiger partial charge in [0.1, 0.15) is 6.61 Å². The van der Waals surface area contributed by atoms with Crippen molar-refractivity contribution in [2.45, 2.75) is 13.5 Å². The molecule has 88 valence electrons. The SMILES string of the molecule is Cc1ccc(F)c(OCc2ccc(N)cc2)c1. The van der Waals surface area contributed by atoms with E-state index in [9.17, 15) is 4.39 Å². The van der Waals surface area contributed by atoms with Crippen molar-refractivity contribution in [3.8, 4) is 5.75 Å². The van der Waals surface area contributed by atoms with E-state index in [2.05, 4.69) is 0 Å². The average Bonchev–Trinajstić information content (AvgIpc) is 2.32. The molecule has 0 spiro atoms. The summed E-state index contributed by atoms with van der Waals surface area (Å²) in [6.07, 6.45) is 0. The molecule has 0 amide bonds. The van der Waals surface area contributed by atoms with Crippen LogP contribution in [0.5, 0.6) is 5.75 Å². The largest absolute Gasteiger partial charge is 0.486 e. The minimum Gasteiger partial charge on any atom is -0.486 e. The first-order chi connectivity index (χ1) is 8.15. The van der Waals surface area contributed by atoms with Crippen LogP contribution in [-0.2, 0) is 6.61 Å². The van der Waals surface area contributed by atoms with Crippen LogP contribution in [0.4, 0.5) is 10.1 Å². The molecule has 0 fully saturated rings. The summed E-state index contributed by atoms with van der Waals surface area (Å²) in [5, 5.41) is 0. The second kappa shape index (κ2) is 4.87. The average molecular weight is 231 g/mol. The first-order valence-electron chi connectivity index (χ1n) is 5.38. The Hall–Kier alpha value is -2.03. The zero-order chi connectivity index (χ0) is 12.3. The topological polar surface area (TPSA) is 35.2 Å². The summed E-state index contributed by atoms with van der Waals surface area (Å²) in [5.74, 6) is -0.0622. The lowest BCUT2D eigenvalue weighted by Crippen LogP contribution is -1.98. The van der Waals surface area contributed by atoms with E-state index < -0.39 is 0 Å². The fourth-order valence-electron chi connectivity index (χ4n) is 1.50. The molecular weight excluding hydrogens is 217 g/mol. The summed E-state index contributed by atoms with van der Waals surface area (Å²) >= 11 is 0. The zero-order valence-electron chi connectivity index (χ0n) is 9.61. The predicted molar refractivity (Wildman–Crippen MR) is 66.3 cm³/mol. The van der Waals surface area contributed by atoms with Crippen LogP contribution in [0.1, 0.15) is 11.1 Å². The maximum atomic E-state index is 13.4. The quantitative estimate of drug-likeness (QED) is 0.822. The molecule has 2 rings (SSSR count). The van der Waals surface area contributed by atoms with Crippen LogP contribution in [0.15, 0.2) is 42.5 Å². The fraction of sp³-hybridized carbons (Fsp3) is 0.143. The van der Waals surface area contributed by atoms with Crippen molar-refractivity contribution < 1.29 is 9.13 Å². The third-order valence-corrected chi connectivity index (χ3v) is 2.46. The molecule has 2 aromatic carbocycles. The molecule has 0 unspecified atom stereocenters. The summed E-state index contributed by atoms with van der Waals surface area (Å²) in [5.41, 5.74) is 8.21. The van der Waals surface area contributed by atoms with E-state index in [0.29, 0.717) is 12.3 Å². The van der Waals surface area contributed by atoms with Crippen molar-refractivity contribution in [3.05, 3.63) is 59.4 Å². The van der Waals surface area contributed by atoms with Gasteiger partial charge in [-0.3, -0.25) is 0 Å². The first kappa shape index (κ1) is 11.5. The Morgan fingerprint density at radius 3 is 2.53 bits per heavy atom. The molecule has 17 heavy (non-hydrogen) atoms. The van der Waals surface area contributed by atoms with E-state index in [1.807, 2.05) is 19.1 Å². The highest BCUT2D eigenvalue weighted by Crippen LogP contribution is 2.19. The lowest BCUT2D eigenvalue weighted by Gasteiger charge is -2.08. The molecule has 2 aromatic rings. The molecule has 0 aliphatic carbocycles. The number of nitrogens with two attached hydrogens (primary N) is 1. The van der Waals surface area contributed by atoms with Gasteiger partial charge >= 0.3 is 0 Å². The summed E-state index contributed by atoms with van der Waals surface area (Å²) in [7, 11) is 0. The number of aryl methyl sites for hydroxylation is 1. The van der Waals surface area contributed by atoms with Crippen LogP contribution in [0.2, 0.25) is 0 Å². The van der Waals surface area contributed by atoms with Crippen molar-refractivity contribution in [1.29, 1.82) is 0 Å². The summed E-state index contributed by atoms with van der Waals surface area (Å²) in [6.45, 7) is 2.23. The van der Waals surface area contributed by atoms with Crippen LogP contribution in [0.25, 0.3) is 0 Å². The number of rotatable bonds is 3. The maximum Gasteiger partial charge on any atom is 0.165 e. The van der Waals surface area contributed by atoms with Gasteiger partial charge in [0.25, 0.3) is 0 Å². The van der Waals surface area contributed by atoms with Gasteiger partial charge < -0.3 is 10.5 Å². The van der Waals surface area contributed by atoms with Crippen molar-refractivity contribution in [2.24, 2.45) is 0 Å². The van der Waals surface area contributed by atoms with Gasteiger partial charge in [0, 0.05) is 5.69 Å². The first-order valence-corrected chi connectivity index (χ1v) is 5.38. The van der Waals surface area contributed by atoms with Gasteiger partial charge in [-0.2, -0.15) is 0 Å². The minimum absolute atomic E-state index is 0.279. The molecule has 2 nitrogen and oxygen atoms in total. The van der Waals surface area contributed by atoms with Gasteiger partial charge in [-0.1, -0.05) is 18.2 Å². The lowest BCUT2D eigenvalue weighted by molar-refractivity contribution is 0.290. The smallest absolute Gasteiger partial charge is 0.165 e. The maximum absolute atomic E-state index is 13.4. The zero-order valence-corrected chi connectivity index (χ0v) is 9.61. The number of hydrogen-bond acceptors (Lipinski definition) is 2. The molecule has 2 N–H and O–H groups in total. The highest BCUT2D eigenvalue weighted by Gasteiger charge is 2.03. The van der Waals surface area contributed by atoms with E-state index in [1.54, 1.807) is 24.3 Å². The Kier molecular flexibility index (Phi) is 3.28. The number of benzene rings is 2. The van der Waals surface area contributed by atoms with E-state index >= 15 is 0 Å². The van der Waals surface area contributed by atoms with Crippen LogP contribution < -0.4 is 10.5 Å². The van der Waals surface area contributed by atoms with Gasteiger partial charge in [-0.05, 0) is 42.3 Å². The monoisotopic (exact) mass is 231 g/mol. The molecule has 0 aromatic heterocycles. The predicted octanol–water partition coefficient (Wildman–Crippen LogP) is 3.30. The number of anilines is 1. The molecule has 0 bridgehead atoms. The molecule has 0 radical (unpaired) electrons. The third kappa shape index (κ3) is 2.97. The minimum atomic E-state index is -0.342. The van der Waals surface area contributed by atoms with Crippen LogP contribution in [0, 0.1) is 12.7 Å². The van der Waals surface area contributed by atoms with Gasteiger partial charge in [-0.25, -0.2) is 4.39 Å². The third-order valence-electron chi connectivity index (χ3n) is 2.46. The van der Waals surface area contributed by atoms with Gasteiger partial charge in [-0.15, -0.1) is 0 Å². The van der Waals surface area contributed by atoms with E-state index in [4.69, 9.17) is 10.5 Å². The highest BCUT2D eigenvalue weighted by molar-refractivity contribution is 5.39. The number of hydrogen-bond donors (Lipinski definition) is 1. The van der Waals surface area contributed by atoms with Gasteiger partial charge in [0.15, 0.2) is 11.6 Å².